The lowest BCUT2D eigenvalue weighted by Crippen LogP contribution is -2.14. The van der Waals surface area contributed by atoms with E-state index in [1.807, 2.05) is 48.5 Å². The smallest absolute Gasteiger partial charge is 0.255 e. The molecule has 0 heterocycles. The van der Waals surface area contributed by atoms with E-state index in [1.165, 1.54) is 5.56 Å². The van der Waals surface area contributed by atoms with Crippen LogP contribution in [0.5, 0.6) is 5.75 Å². The number of hydrogen-bond donors (Lipinski definition) is 1. The van der Waals surface area contributed by atoms with E-state index in [0.717, 1.165) is 24.3 Å². The molecule has 0 bridgehead atoms. The SMILES string of the molecule is CCCCOc1cccc(NC(=O)c2ccc(C(C)(C)C)cc2)c1. The van der Waals surface area contributed by atoms with Crippen LogP contribution in [0.3, 0.4) is 0 Å². The van der Waals surface area contributed by atoms with Crippen LogP contribution >= 0.6 is 0 Å². The van der Waals surface area contributed by atoms with Crippen LogP contribution in [0.4, 0.5) is 5.69 Å². The largest absolute Gasteiger partial charge is 0.494 e. The number of amides is 1. The zero-order valence-electron chi connectivity index (χ0n) is 15.1. The van der Waals surface area contributed by atoms with Crippen molar-refractivity contribution < 1.29 is 9.53 Å². The molecule has 0 aliphatic heterocycles. The fraction of sp³-hybridized carbons (Fsp3) is 0.381. The number of anilines is 1. The van der Waals surface area contributed by atoms with Gasteiger partial charge in [-0.15, -0.1) is 0 Å². The number of carbonyl (C=O) groups is 1. The van der Waals surface area contributed by atoms with Crippen LogP contribution < -0.4 is 10.1 Å². The average Bonchev–Trinajstić information content (AvgIpc) is 2.55. The third-order valence-electron chi connectivity index (χ3n) is 3.87. The number of unbranched alkanes of at least 4 members (excludes halogenated alkanes) is 1. The molecule has 2 rings (SSSR count). The maximum absolute atomic E-state index is 12.4. The Labute approximate surface area is 145 Å². The van der Waals surface area contributed by atoms with Crippen molar-refractivity contribution in [2.45, 2.75) is 46.0 Å². The van der Waals surface area contributed by atoms with E-state index in [1.54, 1.807) is 0 Å². The van der Waals surface area contributed by atoms with E-state index < -0.39 is 0 Å². The standard InChI is InChI=1S/C21H27NO2/c1-5-6-14-24-19-9-7-8-18(15-19)22-20(23)16-10-12-17(13-11-16)21(2,3)4/h7-13,15H,5-6,14H2,1-4H3,(H,22,23). The van der Waals surface area contributed by atoms with Crippen molar-refractivity contribution in [3.8, 4) is 5.75 Å². The average molecular weight is 325 g/mol. The van der Waals surface area contributed by atoms with Gasteiger partial charge < -0.3 is 10.1 Å². The van der Waals surface area contributed by atoms with Crippen LogP contribution in [0.2, 0.25) is 0 Å². The molecule has 2 aromatic carbocycles. The van der Waals surface area contributed by atoms with Gasteiger partial charge >= 0.3 is 0 Å². The highest BCUT2D eigenvalue weighted by Gasteiger charge is 2.14. The van der Waals surface area contributed by atoms with Crippen molar-refractivity contribution in [1.29, 1.82) is 0 Å². The Balaban J connectivity index is 2.02. The van der Waals surface area contributed by atoms with Gasteiger partial charge in [0.2, 0.25) is 0 Å². The molecule has 3 heteroatoms. The molecule has 1 N–H and O–H groups in total. The maximum atomic E-state index is 12.4. The van der Waals surface area contributed by atoms with E-state index in [9.17, 15) is 4.79 Å². The summed E-state index contributed by atoms with van der Waals surface area (Å²) < 4.78 is 5.68. The van der Waals surface area contributed by atoms with Crippen molar-refractivity contribution in [2.24, 2.45) is 0 Å². The van der Waals surface area contributed by atoms with Gasteiger partial charge in [0.05, 0.1) is 6.61 Å². The molecule has 0 aromatic heterocycles. The molecule has 0 spiro atoms. The predicted molar refractivity (Wildman–Crippen MR) is 99.9 cm³/mol. The first-order chi connectivity index (χ1) is 11.4. The molecule has 0 saturated carbocycles. The Bertz CT molecular complexity index is 669. The van der Waals surface area contributed by atoms with Crippen molar-refractivity contribution in [3.63, 3.8) is 0 Å². The van der Waals surface area contributed by atoms with Gasteiger partial charge in [-0.2, -0.15) is 0 Å². The van der Waals surface area contributed by atoms with Gasteiger partial charge in [-0.1, -0.05) is 52.3 Å². The molecular formula is C21H27NO2. The van der Waals surface area contributed by atoms with Gasteiger partial charge in [-0.3, -0.25) is 4.79 Å². The number of benzene rings is 2. The minimum atomic E-state index is -0.110. The second kappa shape index (κ2) is 8.00. The first-order valence-electron chi connectivity index (χ1n) is 8.55. The number of nitrogens with one attached hydrogen (secondary N) is 1. The molecule has 0 unspecified atom stereocenters. The monoisotopic (exact) mass is 325 g/mol. The van der Waals surface area contributed by atoms with Crippen molar-refractivity contribution in [2.75, 3.05) is 11.9 Å². The number of ether oxygens (including phenoxy) is 1. The highest BCUT2D eigenvalue weighted by molar-refractivity contribution is 6.04. The van der Waals surface area contributed by atoms with Gasteiger partial charge in [-0.25, -0.2) is 0 Å². The van der Waals surface area contributed by atoms with Crippen LogP contribution in [-0.4, -0.2) is 12.5 Å². The van der Waals surface area contributed by atoms with Crippen LogP contribution in [-0.2, 0) is 5.41 Å². The van der Waals surface area contributed by atoms with Gasteiger partial charge in [0.25, 0.3) is 5.91 Å². The number of rotatable bonds is 6. The predicted octanol–water partition coefficient (Wildman–Crippen LogP) is 5.42. The molecule has 3 nitrogen and oxygen atoms in total. The van der Waals surface area contributed by atoms with E-state index in [4.69, 9.17) is 4.74 Å². The molecule has 128 valence electrons. The fourth-order valence-electron chi connectivity index (χ4n) is 2.32. The maximum Gasteiger partial charge on any atom is 0.255 e. The third kappa shape index (κ3) is 5.12. The summed E-state index contributed by atoms with van der Waals surface area (Å²) in [6, 6.07) is 15.3. The minimum absolute atomic E-state index is 0.0825. The highest BCUT2D eigenvalue weighted by Crippen LogP contribution is 2.23. The first kappa shape index (κ1) is 18.1. The summed E-state index contributed by atoms with van der Waals surface area (Å²) in [5.41, 5.74) is 2.69. The first-order valence-corrected chi connectivity index (χ1v) is 8.55. The normalized spacial score (nSPS) is 11.2. The molecule has 24 heavy (non-hydrogen) atoms. The third-order valence-corrected chi connectivity index (χ3v) is 3.87. The fourth-order valence-corrected chi connectivity index (χ4v) is 2.32. The van der Waals surface area contributed by atoms with Crippen molar-refractivity contribution in [1.82, 2.24) is 0 Å². The zero-order valence-corrected chi connectivity index (χ0v) is 15.1. The van der Waals surface area contributed by atoms with E-state index in [2.05, 4.69) is 33.0 Å². The summed E-state index contributed by atoms with van der Waals surface area (Å²) in [7, 11) is 0. The molecule has 0 aliphatic rings. The Morgan fingerprint density at radius 3 is 2.42 bits per heavy atom. The molecule has 0 fully saturated rings. The lowest BCUT2D eigenvalue weighted by Gasteiger charge is -2.19. The summed E-state index contributed by atoms with van der Waals surface area (Å²) in [6.07, 6.45) is 2.12. The summed E-state index contributed by atoms with van der Waals surface area (Å²) in [4.78, 5) is 12.4. The Kier molecular flexibility index (Phi) is 6.02. The Morgan fingerprint density at radius 2 is 1.79 bits per heavy atom. The summed E-state index contributed by atoms with van der Waals surface area (Å²) in [5, 5.41) is 2.93. The zero-order chi connectivity index (χ0) is 17.6. The minimum Gasteiger partial charge on any atom is -0.494 e. The van der Waals surface area contributed by atoms with Crippen LogP contribution in [0.25, 0.3) is 0 Å². The van der Waals surface area contributed by atoms with Gasteiger partial charge in [0.1, 0.15) is 5.75 Å². The van der Waals surface area contributed by atoms with Crippen molar-refractivity contribution in [3.05, 3.63) is 59.7 Å². The second-order valence-electron chi connectivity index (χ2n) is 7.01. The van der Waals surface area contributed by atoms with Crippen LogP contribution in [0.15, 0.2) is 48.5 Å². The van der Waals surface area contributed by atoms with E-state index in [0.29, 0.717) is 12.2 Å². The van der Waals surface area contributed by atoms with Crippen LogP contribution in [0, 0.1) is 0 Å². The van der Waals surface area contributed by atoms with E-state index in [-0.39, 0.29) is 11.3 Å². The Morgan fingerprint density at radius 1 is 1.08 bits per heavy atom. The number of carbonyl (C=O) groups excluding carboxylic acids is 1. The Hall–Kier alpha value is -2.29. The number of hydrogen-bond acceptors (Lipinski definition) is 2. The molecule has 0 radical (unpaired) electrons. The molecule has 0 atom stereocenters. The molecule has 0 aliphatic carbocycles. The van der Waals surface area contributed by atoms with E-state index >= 15 is 0 Å². The second-order valence-corrected chi connectivity index (χ2v) is 7.01. The van der Waals surface area contributed by atoms with Crippen LogP contribution in [0.1, 0.15) is 56.5 Å². The van der Waals surface area contributed by atoms with Gasteiger partial charge in [0.15, 0.2) is 0 Å². The lowest BCUT2D eigenvalue weighted by molar-refractivity contribution is 0.102. The molecule has 2 aromatic rings. The summed E-state index contributed by atoms with van der Waals surface area (Å²) >= 11 is 0. The van der Waals surface area contributed by atoms with Gasteiger partial charge in [-0.05, 0) is 41.7 Å². The molecule has 0 saturated heterocycles. The van der Waals surface area contributed by atoms with Gasteiger partial charge in [0, 0.05) is 17.3 Å². The topological polar surface area (TPSA) is 38.3 Å². The molecular weight excluding hydrogens is 298 g/mol. The quantitative estimate of drug-likeness (QED) is 0.721. The van der Waals surface area contributed by atoms with Crippen molar-refractivity contribution >= 4 is 11.6 Å². The summed E-state index contributed by atoms with van der Waals surface area (Å²) in [6.45, 7) is 9.30. The molecule has 1 amide bonds. The summed E-state index contributed by atoms with van der Waals surface area (Å²) in [5.74, 6) is 0.672. The highest BCUT2D eigenvalue weighted by atomic mass is 16.5. The lowest BCUT2D eigenvalue weighted by atomic mass is 9.87.